The highest BCUT2D eigenvalue weighted by Crippen LogP contribution is 2.30. The molecule has 0 unspecified atom stereocenters. The van der Waals surface area contributed by atoms with Crippen molar-refractivity contribution in [3.63, 3.8) is 0 Å². The number of benzene rings is 1. The first-order valence-electron chi connectivity index (χ1n) is 7.08. The van der Waals surface area contributed by atoms with Crippen LogP contribution >= 0.6 is 0 Å². The molecule has 1 fully saturated rings. The molecule has 8 heteroatoms. The van der Waals surface area contributed by atoms with Crippen molar-refractivity contribution in [2.45, 2.75) is 6.92 Å². The van der Waals surface area contributed by atoms with E-state index >= 15 is 0 Å². The molecule has 122 valence electrons. The van der Waals surface area contributed by atoms with E-state index in [-0.39, 0.29) is 11.6 Å². The number of piperazine rings is 1. The Balaban J connectivity index is 2.23. The van der Waals surface area contributed by atoms with Gasteiger partial charge in [0.15, 0.2) is 0 Å². The van der Waals surface area contributed by atoms with Crippen molar-refractivity contribution >= 4 is 29.3 Å². The molecule has 1 saturated heterocycles. The normalized spacial score (nSPS) is 15.0. The first kappa shape index (κ1) is 16.5. The van der Waals surface area contributed by atoms with E-state index in [1.165, 1.54) is 19.1 Å². The summed E-state index contributed by atoms with van der Waals surface area (Å²) in [5.74, 6) is -1.12. The maximum Gasteiger partial charge on any atom is 0.328 e. The minimum absolute atomic E-state index is 0.00620. The lowest BCUT2D eigenvalue weighted by Crippen LogP contribution is -2.48. The largest absolute Gasteiger partial charge is 0.478 e. The minimum Gasteiger partial charge on any atom is -0.478 e. The van der Waals surface area contributed by atoms with Crippen LogP contribution in [0.5, 0.6) is 0 Å². The number of carboxylic acids is 1. The summed E-state index contributed by atoms with van der Waals surface area (Å²) in [5.41, 5.74) is 0.852. The monoisotopic (exact) mass is 319 g/mol. The molecule has 1 amide bonds. The highest BCUT2D eigenvalue weighted by Gasteiger charge is 2.24. The number of nitrogens with zero attached hydrogens (tertiary/aromatic N) is 3. The number of nitro benzene ring substituents is 1. The number of hydrogen-bond acceptors (Lipinski definition) is 5. The van der Waals surface area contributed by atoms with Gasteiger partial charge in [0.25, 0.3) is 5.69 Å². The molecule has 0 aliphatic carbocycles. The Morgan fingerprint density at radius 3 is 2.43 bits per heavy atom. The molecule has 0 bridgehead atoms. The maximum absolute atomic E-state index is 11.3. The fraction of sp³-hybridized carbons (Fsp3) is 0.333. The predicted molar refractivity (Wildman–Crippen MR) is 84.2 cm³/mol. The van der Waals surface area contributed by atoms with Crippen molar-refractivity contribution in [2.75, 3.05) is 31.1 Å². The third kappa shape index (κ3) is 4.06. The van der Waals surface area contributed by atoms with Gasteiger partial charge in [-0.3, -0.25) is 14.9 Å². The number of anilines is 1. The second-order valence-corrected chi connectivity index (χ2v) is 5.17. The summed E-state index contributed by atoms with van der Waals surface area (Å²) in [7, 11) is 0. The van der Waals surface area contributed by atoms with Gasteiger partial charge in [0.05, 0.1) is 4.92 Å². The molecule has 2 rings (SSSR count). The molecule has 1 aromatic rings. The summed E-state index contributed by atoms with van der Waals surface area (Å²) < 4.78 is 0. The van der Waals surface area contributed by atoms with Gasteiger partial charge in [0, 0.05) is 45.2 Å². The molecule has 1 aliphatic heterocycles. The van der Waals surface area contributed by atoms with Gasteiger partial charge in [-0.15, -0.1) is 0 Å². The van der Waals surface area contributed by atoms with E-state index in [0.717, 1.165) is 6.08 Å². The molecule has 1 aromatic carbocycles. The predicted octanol–water partition coefficient (Wildman–Crippen LogP) is 1.36. The van der Waals surface area contributed by atoms with Crippen LogP contribution in [0.4, 0.5) is 11.4 Å². The van der Waals surface area contributed by atoms with Crippen LogP contribution in [-0.4, -0.2) is 53.0 Å². The number of carbonyl (C=O) groups excluding carboxylic acids is 1. The number of carbonyl (C=O) groups is 2. The molecule has 0 radical (unpaired) electrons. The number of rotatable bonds is 4. The highest BCUT2D eigenvalue weighted by molar-refractivity contribution is 5.85. The van der Waals surface area contributed by atoms with Crippen molar-refractivity contribution in [3.8, 4) is 0 Å². The van der Waals surface area contributed by atoms with Crippen LogP contribution in [-0.2, 0) is 9.59 Å². The lowest BCUT2D eigenvalue weighted by Gasteiger charge is -2.35. The molecule has 1 aliphatic rings. The lowest BCUT2D eigenvalue weighted by atomic mass is 10.1. The number of carboxylic acid groups (broad SMARTS) is 1. The van der Waals surface area contributed by atoms with E-state index in [2.05, 4.69) is 0 Å². The number of hydrogen-bond donors (Lipinski definition) is 1. The fourth-order valence-electron chi connectivity index (χ4n) is 2.49. The zero-order valence-corrected chi connectivity index (χ0v) is 12.6. The standard InChI is InChI=1S/C15H17N3O5/c1-11(19)16-6-8-17(9-7-16)13-4-2-12(3-5-15(20)21)10-14(13)18(22)23/h2-5,10H,6-9H2,1H3,(H,20,21)/b5-3+. The van der Waals surface area contributed by atoms with Gasteiger partial charge >= 0.3 is 5.97 Å². The van der Waals surface area contributed by atoms with Crippen molar-refractivity contribution in [3.05, 3.63) is 40.0 Å². The van der Waals surface area contributed by atoms with E-state index in [0.29, 0.717) is 37.4 Å². The maximum atomic E-state index is 11.3. The average Bonchev–Trinajstić information content (AvgIpc) is 2.52. The van der Waals surface area contributed by atoms with Crippen molar-refractivity contribution in [2.24, 2.45) is 0 Å². The Bertz CT molecular complexity index is 663. The topological polar surface area (TPSA) is 104 Å². The van der Waals surface area contributed by atoms with Crippen LogP contribution in [0.25, 0.3) is 6.08 Å². The molecule has 23 heavy (non-hydrogen) atoms. The SMILES string of the molecule is CC(=O)N1CCN(c2ccc(/C=C/C(=O)O)cc2[N+](=O)[O-])CC1. The van der Waals surface area contributed by atoms with E-state index in [4.69, 9.17) is 5.11 Å². The number of aliphatic carboxylic acids is 1. The van der Waals surface area contributed by atoms with Gasteiger partial charge in [-0.25, -0.2) is 4.79 Å². The molecule has 0 atom stereocenters. The van der Waals surface area contributed by atoms with Crippen LogP contribution < -0.4 is 4.90 Å². The van der Waals surface area contributed by atoms with Crippen molar-refractivity contribution in [1.82, 2.24) is 4.90 Å². The molecule has 0 aromatic heterocycles. The van der Waals surface area contributed by atoms with Crippen LogP contribution in [0, 0.1) is 10.1 Å². The quantitative estimate of drug-likeness (QED) is 0.510. The zero-order chi connectivity index (χ0) is 17.0. The zero-order valence-electron chi connectivity index (χ0n) is 12.6. The molecular weight excluding hydrogens is 302 g/mol. The Morgan fingerprint density at radius 2 is 1.91 bits per heavy atom. The second-order valence-electron chi connectivity index (χ2n) is 5.17. The van der Waals surface area contributed by atoms with Crippen LogP contribution in [0.2, 0.25) is 0 Å². The van der Waals surface area contributed by atoms with Gasteiger partial charge in [-0.1, -0.05) is 6.07 Å². The van der Waals surface area contributed by atoms with Gasteiger partial charge in [-0.05, 0) is 17.7 Å². The Kier molecular flexibility index (Phi) is 4.95. The average molecular weight is 319 g/mol. The van der Waals surface area contributed by atoms with Gasteiger partial charge in [0.1, 0.15) is 5.69 Å². The smallest absolute Gasteiger partial charge is 0.328 e. The second kappa shape index (κ2) is 6.91. The van der Waals surface area contributed by atoms with Crippen LogP contribution in [0.3, 0.4) is 0 Å². The van der Waals surface area contributed by atoms with E-state index in [1.807, 2.05) is 4.90 Å². The lowest BCUT2D eigenvalue weighted by molar-refractivity contribution is -0.384. The summed E-state index contributed by atoms with van der Waals surface area (Å²) in [6.45, 7) is 3.58. The molecular formula is C15H17N3O5. The highest BCUT2D eigenvalue weighted by atomic mass is 16.6. The molecule has 0 spiro atoms. The first-order valence-corrected chi connectivity index (χ1v) is 7.08. The summed E-state index contributed by atoms with van der Waals surface area (Å²) in [6, 6.07) is 4.61. The molecule has 1 N–H and O–H groups in total. The summed E-state index contributed by atoms with van der Waals surface area (Å²) in [6.07, 6.45) is 2.25. The summed E-state index contributed by atoms with van der Waals surface area (Å²) in [5, 5.41) is 19.9. The Labute approximate surface area is 132 Å². The van der Waals surface area contributed by atoms with Crippen LogP contribution in [0.15, 0.2) is 24.3 Å². The third-order valence-electron chi connectivity index (χ3n) is 3.68. The Morgan fingerprint density at radius 1 is 1.26 bits per heavy atom. The molecule has 1 heterocycles. The first-order chi connectivity index (χ1) is 10.9. The van der Waals surface area contributed by atoms with Crippen molar-refractivity contribution in [1.29, 1.82) is 0 Å². The van der Waals surface area contributed by atoms with Crippen molar-refractivity contribution < 1.29 is 19.6 Å². The van der Waals surface area contributed by atoms with Crippen LogP contribution in [0.1, 0.15) is 12.5 Å². The van der Waals surface area contributed by atoms with Gasteiger partial charge in [0.2, 0.25) is 5.91 Å². The van der Waals surface area contributed by atoms with E-state index in [9.17, 15) is 19.7 Å². The fourth-order valence-corrected chi connectivity index (χ4v) is 2.49. The molecule has 0 saturated carbocycles. The number of amides is 1. The Hall–Kier alpha value is -2.90. The van der Waals surface area contributed by atoms with Gasteiger partial charge in [-0.2, -0.15) is 0 Å². The minimum atomic E-state index is -1.11. The summed E-state index contributed by atoms with van der Waals surface area (Å²) >= 11 is 0. The third-order valence-corrected chi connectivity index (χ3v) is 3.68. The van der Waals surface area contributed by atoms with E-state index < -0.39 is 10.9 Å². The summed E-state index contributed by atoms with van der Waals surface area (Å²) in [4.78, 5) is 36.2. The molecule has 8 nitrogen and oxygen atoms in total. The van der Waals surface area contributed by atoms with E-state index in [1.54, 1.807) is 17.0 Å². The number of nitro groups is 1. The van der Waals surface area contributed by atoms with Gasteiger partial charge < -0.3 is 14.9 Å².